The minimum absolute atomic E-state index is 0.0156. The van der Waals surface area contributed by atoms with Crippen LogP contribution in [0.2, 0.25) is 0 Å². The van der Waals surface area contributed by atoms with E-state index in [1.807, 2.05) is 162 Å². The maximum atomic E-state index is 12.4. The Balaban J connectivity index is 0.000000605. The molecule has 0 unspecified atom stereocenters. The van der Waals surface area contributed by atoms with Gasteiger partial charge in [0.2, 0.25) is 35.4 Å². The smallest absolute Gasteiger partial charge is 0.364 e. The van der Waals surface area contributed by atoms with Crippen LogP contribution in [-0.2, 0) is 67.5 Å². The molecule has 0 aliphatic carbocycles. The summed E-state index contributed by atoms with van der Waals surface area (Å²) in [5, 5.41) is 2.41. The van der Waals surface area contributed by atoms with Gasteiger partial charge in [-0.1, -0.05) is 154 Å². The van der Waals surface area contributed by atoms with Crippen LogP contribution in [0.25, 0.3) is 0 Å². The fourth-order valence-corrected chi connectivity index (χ4v) is 11.0. The Morgan fingerprint density at radius 3 is 1.40 bits per heavy atom. The summed E-state index contributed by atoms with van der Waals surface area (Å²) in [6.07, 6.45) is 5.92. The third-order valence-electron chi connectivity index (χ3n) is 14.7. The van der Waals surface area contributed by atoms with Crippen molar-refractivity contribution >= 4 is 120 Å². The van der Waals surface area contributed by atoms with Crippen LogP contribution in [0.15, 0.2) is 165 Å². The number of rotatable bonds is 25. The molecule has 0 heterocycles. The third-order valence-corrected chi connectivity index (χ3v) is 16.7. The van der Waals surface area contributed by atoms with E-state index in [-0.39, 0.29) is 83.1 Å². The topological polar surface area (TPSA) is 195 Å². The first-order chi connectivity index (χ1) is 47.1. The summed E-state index contributed by atoms with van der Waals surface area (Å²) >= 11 is 22.3. The number of anilines is 5. The molecule has 0 saturated heterocycles. The van der Waals surface area contributed by atoms with Gasteiger partial charge in [-0.05, 0) is 130 Å². The number of para-hydroxylation sites is 3. The largest absolute Gasteiger partial charge is 0.516 e. The van der Waals surface area contributed by atoms with Crippen molar-refractivity contribution in [2.24, 2.45) is 0 Å². The number of amides is 6. The van der Waals surface area contributed by atoms with Gasteiger partial charge < -0.3 is 29.5 Å². The molecule has 0 aromatic heterocycles. The maximum Gasteiger partial charge on any atom is 0.516 e. The van der Waals surface area contributed by atoms with Gasteiger partial charge in [0.05, 0.1) is 23.0 Å². The van der Waals surface area contributed by atoms with E-state index in [0.717, 1.165) is 75.8 Å². The summed E-state index contributed by atoms with van der Waals surface area (Å²) in [6.45, 7) is 28.6. The second kappa shape index (κ2) is 45.9. The molecular formula is C75H98Cl4F3N7O10S. The van der Waals surface area contributed by atoms with Gasteiger partial charge in [0, 0.05) is 65.7 Å². The van der Waals surface area contributed by atoms with Gasteiger partial charge >= 0.3 is 15.5 Å². The zero-order valence-corrected chi connectivity index (χ0v) is 63.8. The van der Waals surface area contributed by atoms with Crippen molar-refractivity contribution in [3.8, 4) is 0 Å². The van der Waals surface area contributed by atoms with Crippen molar-refractivity contribution in [2.45, 2.75) is 119 Å². The van der Waals surface area contributed by atoms with E-state index in [0.29, 0.717) is 24.2 Å². The van der Waals surface area contributed by atoms with Crippen LogP contribution < -0.4 is 24.7 Å². The summed E-state index contributed by atoms with van der Waals surface area (Å²) in [5.41, 5.74) is 4.04. The molecule has 548 valence electrons. The number of carbonyl (C=O) groups is 6. The number of nitrogens with zero attached hydrogens (tertiary/aromatic N) is 5. The van der Waals surface area contributed by atoms with Crippen LogP contribution in [0.5, 0.6) is 0 Å². The monoisotopic (exact) mass is 1490 g/mol. The molecule has 0 aliphatic heterocycles. The number of alkyl halides is 7. The number of likely N-dealkylation sites (N-methyl/N-ethyl adjacent to an activating group) is 1. The highest BCUT2D eigenvalue weighted by atomic mass is 35.5. The standard InChI is InChI=1S/C16H17NO.C15H22ClNO2.C14H20ClNO2.C11H14ClNO.C11H13F3N2O3S.C8H12ClNO/c1-17(2)16(18)15(13-9-5-3-6-10-13)14-11-7-4-8-12-14;1-6-12-9-7-8-11(2)14(12)17(13(18)10-16)15(3,4)19-5;1-4-11-7-6-8-12(5-2)14(11)16(10-18-3)13(17)9-15;1-9(2)13(11(14)8-12)10-6-4-3-5-7-10;1-6-4-7(2)10(5-9(6)15-8(3)17)16-20(18,19)11(12,13)14;1-3-5-10(6-4-2)8(11)7-9/h3-12,15H,1-2H3;7-9H,6,10H2,1-5H3;6-8H,4-5,9-10H2,1-3H3;3-7,9H,8H2,1-2H3;4-5,16H,1-3H3,(H,15,17);3-4H,1-2,5-7H2. The average Bonchev–Trinajstić information content (AvgIpc) is 0.783. The molecule has 0 fully saturated rings. The first-order valence-electron chi connectivity index (χ1n) is 31.9. The summed E-state index contributed by atoms with van der Waals surface area (Å²) in [7, 11) is 1.27. The molecule has 6 aromatic rings. The predicted octanol–water partition coefficient (Wildman–Crippen LogP) is 16.0. The Bertz CT molecular complexity index is 3600. The molecule has 17 nitrogen and oxygen atoms in total. The van der Waals surface area contributed by atoms with Gasteiger partial charge in [0.15, 0.2) is 0 Å². The molecule has 100 heavy (non-hydrogen) atoms. The number of hydrogen-bond donors (Lipinski definition) is 2. The third kappa shape index (κ3) is 28.7. The number of carbonyl (C=O) groups excluding carboxylic acids is 6. The average molecular weight is 1490 g/mol. The minimum atomic E-state index is -5.49. The fourth-order valence-electron chi connectivity index (χ4n) is 9.77. The molecular weight excluding hydrogens is 1390 g/mol. The lowest BCUT2D eigenvalue weighted by Gasteiger charge is -2.39. The van der Waals surface area contributed by atoms with Crippen molar-refractivity contribution in [1.82, 2.24) is 9.80 Å². The van der Waals surface area contributed by atoms with Crippen molar-refractivity contribution < 1.29 is 59.8 Å². The molecule has 2 N–H and O–H groups in total. The van der Waals surface area contributed by atoms with Gasteiger partial charge in [-0.25, -0.2) is 0 Å². The van der Waals surface area contributed by atoms with Gasteiger partial charge in [-0.2, -0.15) is 21.6 Å². The Hall–Kier alpha value is -7.76. The Labute approximate surface area is 610 Å². The lowest BCUT2D eigenvalue weighted by atomic mass is 9.90. The van der Waals surface area contributed by atoms with E-state index in [2.05, 4.69) is 39.2 Å². The van der Waals surface area contributed by atoms with Crippen LogP contribution in [0.4, 0.5) is 41.6 Å². The van der Waals surface area contributed by atoms with Gasteiger partial charge in [-0.3, -0.25) is 43.3 Å². The molecule has 0 saturated carbocycles. The number of ether oxygens (including phenoxy) is 2. The molecule has 0 spiro atoms. The second-order valence-corrected chi connectivity index (χ2v) is 25.7. The molecule has 6 aromatic carbocycles. The van der Waals surface area contributed by atoms with E-state index in [9.17, 15) is 50.4 Å². The molecule has 6 rings (SSSR count). The van der Waals surface area contributed by atoms with Crippen molar-refractivity contribution in [2.75, 3.05) is 96.4 Å². The number of aryl methyl sites for hydroxylation is 6. The molecule has 0 aliphatic rings. The Kier molecular flexibility index (Phi) is 41.4. The normalized spacial score (nSPS) is 10.8. The zero-order valence-electron chi connectivity index (χ0n) is 59.9. The highest BCUT2D eigenvalue weighted by molar-refractivity contribution is 7.93. The van der Waals surface area contributed by atoms with E-state index in [4.69, 9.17) is 55.9 Å². The van der Waals surface area contributed by atoms with Crippen molar-refractivity contribution in [1.29, 1.82) is 0 Å². The summed E-state index contributed by atoms with van der Waals surface area (Å²) in [6, 6.07) is 44.2. The lowest BCUT2D eigenvalue weighted by molar-refractivity contribution is -0.129. The zero-order chi connectivity index (χ0) is 76.1. The summed E-state index contributed by atoms with van der Waals surface area (Å²) in [5.74, 6) is -1.04. The summed E-state index contributed by atoms with van der Waals surface area (Å²) < 4.78 is 71.2. The van der Waals surface area contributed by atoms with Gasteiger partial charge in [0.25, 0.3) is 0 Å². The summed E-state index contributed by atoms with van der Waals surface area (Å²) in [4.78, 5) is 78.3. The first-order valence-corrected chi connectivity index (χ1v) is 35.5. The molecule has 0 bridgehead atoms. The van der Waals surface area contributed by atoms with Gasteiger partial charge in [0.1, 0.15) is 36.0 Å². The van der Waals surface area contributed by atoms with E-state index in [1.54, 1.807) is 71.9 Å². The van der Waals surface area contributed by atoms with E-state index < -0.39 is 27.2 Å². The molecule has 6 amide bonds. The quantitative estimate of drug-likeness (QED) is 0.0316. The SMILES string of the molecule is C=CCN(CC=C)C(=O)CCl.CC(=O)Nc1cc(NS(=O)(=O)C(F)(F)F)c(C)cc1C.CC(C)N(C(=O)CCl)c1ccccc1.CCc1cccc(C)c1N(C(=O)CCl)C(C)(C)OC.CCc1cccc(CC)c1N(COC)C(=O)CCl.CN(C)C(=O)C(c1ccccc1)c1ccccc1. The van der Waals surface area contributed by atoms with E-state index >= 15 is 0 Å². The van der Waals surface area contributed by atoms with Crippen molar-refractivity contribution in [3.05, 3.63) is 209 Å². The minimum Gasteiger partial charge on any atom is -0.364 e. The number of sulfonamides is 1. The first kappa shape index (κ1) is 90.3. The number of nitrogens with one attached hydrogen (secondary N) is 2. The van der Waals surface area contributed by atoms with Crippen LogP contribution in [0.3, 0.4) is 0 Å². The molecule has 0 radical (unpaired) electrons. The van der Waals surface area contributed by atoms with Crippen molar-refractivity contribution in [3.63, 3.8) is 0 Å². The maximum absolute atomic E-state index is 12.4. The number of benzene rings is 6. The van der Waals surface area contributed by atoms with E-state index in [1.165, 1.54) is 24.6 Å². The van der Waals surface area contributed by atoms with Crippen LogP contribution in [0, 0.1) is 20.8 Å². The lowest BCUT2D eigenvalue weighted by Crippen LogP contribution is -2.50. The molecule has 25 heteroatoms. The fraction of sp³-hybridized carbons (Fsp3) is 0.387. The second-order valence-electron chi connectivity index (χ2n) is 23.0. The number of hydrogen-bond acceptors (Lipinski definition) is 10. The molecule has 0 atom stereocenters. The number of methoxy groups -OCH3 is 2. The predicted molar refractivity (Wildman–Crippen MR) is 405 cm³/mol. The van der Waals surface area contributed by atoms with Crippen LogP contribution in [-0.4, -0.2) is 143 Å². The van der Waals surface area contributed by atoms with Crippen LogP contribution >= 0.6 is 46.4 Å². The Morgan fingerprint density at radius 2 is 1.02 bits per heavy atom. The highest BCUT2D eigenvalue weighted by Crippen LogP contribution is 2.34. The van der Waals surface area contributed by atoms with Crippen LogP contribution in [0.1, 0.15) is 106 Å². The Morgan fingerprint density at radius 1 is 0.590 bits per heavy atom. The number of halogens is 7. The highest BCUT2D eigenvalue weighted by Gasteiger charge is 2.46. The van der Waals surface area contributed by atoms with Gasteiger partial charge in [-0.15, -0.1) is 59.6 Å².